The van der Waals surface area contributed by atoms with Crippen LogP contribution in [0.1, 0.15) is 43.4 Å². The van der Waals surface area contributed by atoms with E-state index in [2.05, 4.69) is 4.72 Å². The van der Waals surface area contributed by atoms with Crippen LogP contribution in [0.3, 0.4) is 0 Å². The minimum absolute atomic E-state index is 0.120. The summed E-state index contributed by atoms with van der Waals surface area (Å²) in [5, 5.41) is 0. The van der Waals surface area contributed by atoms with Crippen molar-refractivity contribution in [3.63, 3.8) is 0 Å². The van der Waals surface area contributed by atoms with E-state index in [0.717, 1.165) is 5.56 Å². The van der Waals surface area contributed by atoms with Crippen LogP contribution in [0, 0.1) is 13.8 Å². The Morgan fingerprint density at radius 1 is 1.12 bits per heavy atom. The Kier molecular flexibility index (Phi) is 4.90. The molecule has 130 valence electrons. The Balaban J connectivity index is 2.25. The summed E-state index contributed by atoms with van der Waals surface area (Å²) in [4.78, 5) is 12.2. The zero-order chi connectivity index (χ0) is 18.1. The third-order valence-electron chi connectivity index (χ3n) is 3.72. The Morgan fingerprint density at radius 2 is 1.79 bits per heavy atom. The van der Waals surface area contributed by atoms with Crippen LogP contribution >= 0.6 is 0 Å². The maximum atomic E-state index is 12.6. The topological polar surface area (TPSA) is 76.4 Å². The van der Waals surface area contributed by atoms with Gasteiger partial charge in [0.25, 0.3) is 10.0 Å². The number of nitrogens with one attached hydrogen (secondary N) is 1. The molecule has 1 amide bonds. The summed E-state index contributed by atoms with van der Waals surface area (Å²) in [6.45, 7) is 9.49. The fourth-order valence-corrected chi connectivity index (χ4v) is 3.59. The summed E-state index contributed by atoms with van der Waals surface area (Å²) >= 11 is 0. The van der Waals surface area contributed by atoms with E-state index in [9.17, 15) is 13.2 Å². The van der Waals surface area contributed by atoms with Gasteiger partial charge in [-0.2, -0.15) is 0 Å². The summed E-state index contributed by atoms with van der Waals surface area (Å²) in [6, 6.07) is 8.68. The summed E-state index contributed by atoms with van der Waals surface area (Å²) in [5.41, 5.74) is 1.30. The third kappa shape index (κ3) is 4.26. The van der Waals surface area contributed by atoms with Crippen molar-refractivity contribution in [1.29, 1.82) is 0 Å². The van der Waals surface area contributed by atoms with Gasteiger partial charge in [-0.1, -0.05) is 32.9 Å². The number of hydrogen-bond donors (Lipinski definition) is 1. The van der Waals surface area contributed by atoms with Crippen molar-refractivity contribution < 1.29 is 17.6 Å². The maximum Gasteiger partial charge on any atom is 0.264 e. The minimum atomic E-state index is -3.93. The molecule has 1 heterocycles. The second-order valence-electron chi connectivity index (χ2n) is 6.95. The molecule has 0 saturated carbocycles. The fourth-order valence-electron chi connectivity index (χ4n) is 2.34. The lowest BCUT2D eigenvalue weighted by atomic mass is 9.87. The Labute approximate surface area is 143 Å². The van der Waals surface area contributed by atoms with Gasteiger partial charge in [-0.15, -0.1) is 0 Å². The number of rotatable bonds is 4. The highest BCUT2D eigenvalue weighted by molar-refractivity contribution is 7.90. The zero-order valence-electron chi connectivity index (χ0n) is 14.6. The van der Waals surface area contributed by atoms with Crippen LogP contribution in [0.4, 0.5) is 0 Å². The molecule has 1 aromatic heterocycles. The molecule has 2 rings (SSSR count). The largest absolute Gasteiger partial charge is 0.466 e. The lowest BCUT2D eigenvalue weighted by Crippen LogP contribution is -2.32. The fraction of sp³-hybridized carbons (Fsp3) is 0.389. The molecule has 5 nitrogen and oxygen atoms in total. The van der Waals surface area contributed by atoms with Crippen molar-refractivity contribution in [2.75, 3.05) is 0 Å². The van der Waals surface area contributed by atoms with Gasteiger partial charge in [-0.25, -0.2) is 13.1 Å². The van der Waals surface area contributed by atoms with Crippen molar-refractivity contribution in [1.82, 2.24) is 4.72 Å². The van der Waals surface area contributed by atoms with Gasteiger partial charge in [-0.05, 0) is 48.6 Å². The highest BCUT2D eigenvalue weighted by atomic mass is 32.2. The van der Waals surface area contributed by atoms with Crippen molar-refractivity contribution in [2.24, 2.45) is 0 Å². The molecule has 0 spiro atoms. The quantitative estimate of drug-likeness (QED) is 0.919. The van der Waals surface area contributed by atoms with Crippen LogP contribution in [0.15, 0.2) is 39.6 Å². The third-order valence-corrected chi connectivity index (χ3v) is 5.24. The van der Waals surface area contributed by atoms with E-state index in [1.165, 1.54) is 0 Å². The first-order chi connectivity index (χ1) is 11.0. The van der Waals surface area contributed by atoms with Gasteiger partial charge in [0, 0.05) is 0 Å². The van der Waals surface area contributed by atoms with Gasteiger partial charge in [0.15, 0.2) is 0 Å². The van der Waals surface area contributed by atoms with E-state index in [-0.39, 0.29) is 16.7 Å². The molecule has 1 aromatic carbocycles. The minimum Gasteiger partial charge on any atom is -0.466 e. The molecule has 24 heavy (non-hydrogen) atoms. The van der Waals surface area contributed by atoms with Gasteiger partial charge in [0.05, 0.1) is 11.3 Å². The molecular formula is C18H23NO4S. The smallest absolute Gasteiger partial charge is 0.264 e. The Morgan fingerprint density at radius 3 is 2.33 bits per heavy atom. The molecule has 0 unspecified atom stereocenters. The van der Waals surface area contributed by atoms with Gasteiger partial charge in [0.1, 0.15) is 11.5 Å². The van der Waals surface area contributed by atoms with E-state index in [0.29, 0.717) is 17.1 Å². The number of hydrogen-bond acceptors (Lipinski definition) is 4. The summed E-state index contributed by atoms with van der Waals surface area (Å²) in [6.07, 6.45) is -0.120. The number of carbonyl (C=O) groups excluding carboxylic acids is 1. The van der Waals surface area contributed by atoms with E-state index in [1.807, 2.05) is 26.8 Å². The normalized spacial score (nSPS) is 12.2. The van der Waals surface area contributed by atoms with Crippen LogP contribution in [-0.4, -0.2) is 14.3 Å². The number of benzene rings is 1. The summed E-state index contributed by atoms with van der Waals surface area (Å²) in [5.74, 6) is 0.486. The van der Waals surface area contributed by atoms with Crippen LogP contribution in [0.5, 0.6) is 0 Å². The average Bonchev–Trinajstić information content (AvgIpc) is 2.82. The lowest BCUT2D eigenvalue weighted by molar-refractivity contribution is -0.118. The van der Waals surface area contributed by atoms with Crippen LogP contribution in [-0.2, 0) is 26.7 Å². The number of aryl methyl sites for hydroxylation is 2. The molecule has 0 aliphatic rings. The van der Waals surface area contributed by atoms with Gasteiger partial charge in [-0.3, -0.25) is 4.79 Å². The van der Waals surface area contributed by atoms with Gasteiger partial charge in [0.2, 0.25) is 5.91 Å². The first kappa shape index (κ1) is 18.3. The Bertz CT molecular complexity index is 857. The van der Waals surface area contributed by atoms with Gasteiger partial charge >= 0.3 is 0 Å². The molecule has 0 aliphatic heterocycles. The number of carbonyl (C=O) groups is 1. The molecule has 1 N–H and O–H groups in total. The summed E-state index contributed by atoms with van der Waals surface area (Å²) < 4.78 is 32.6. The molecule has 0 radical (unpaired) electrons. The van der Waals surface area contributed by atoms with Crippen LogP contribution in [0.2, 0.25) is 0 Å². The molecule has 6 heteroatoms. The molecule has 0 saturated heterocycles. The van der Waals surface area contributed by atoms with E-state index in [1.54, 1.807) is 38.1 Å². The zero-order valence-corrected chi connectivity index (χ0v) is 15.5. The average molecular weight is 349 g/mol. The molecule has 0 bridgehead atoms. The van der Waals surface area contributed by atoms with Crippen molar-refractivity contribution in [3.8, 4) is 0 Å². The first-order valence-corrected chi connectivity index (χ1v) is 9.19. The Hall–Kier alpha value is -2.08. The van der Waals surface area contributed by atoms with Crippen molar-refractivity contribution in [2.45, 2.75) is 51.3 Å². The first-order valence-electron chi connectivity index (χ1n) is 7.71. The monoisotopic (exact) mass is 349 g/mol. The van der Waals surface area contributed by atoms with Crippen LogP contribution < -0.4 is 4.72 Å². The van der Waals surface area contributed by atoms with E-state index >= 15 is 0 Å². The van der Waals surface area contributed by atoms with E-state index in [4.69, 9.17) is 4.42 Å². The van der Waals surface area contributed by atoms with Crippen molar-refractivity contribution in [3.05, 3.63) is 53.0 Å². The molecular weight excluding hydrogens is 326 g/mol. The number of sulfonamides is 1. The lowest BCUT2D eigenvalue weighted by Gasteiger charge is -2.20. The van der Waals surface area contributed by atoms with Gasteiger partial charge < -0.3 is 4.42 Å². The molecule has 0 atom stereocenters. The number of furan rings is 1. The highest BCUT2D eigenvalue weighted by Gasteiger charge is 2.23. The second kappa shape index (κ2) is 6.43. The number of amides is 1. The van der Waals surface area contributed by atoms with E-state index < -0.39 is 15.9 Å². The van der Waals surface area contributed by atoms with Crippen molar-refractivity contribution >= 4 is 15.9 Å². The SMILES string of the molecule is Cc1ccc(CC(=O)NS(=O)(=O)c2cc(C(C)(C)C)ccc2C)o1. The molecule has 0 aliphatic carbocycles. The molecule has 2 aromatic rings. The second-order valence-corrected chi connectivity index (χ2v) is 8.60. The maximum absolute atomic E-state index is 12.6. The standard InChI is InChI=1S/C18H23NO4S/c1-12-6-8-14(18(3,4)5)10-16(12)24(21,22)19-17(20)11-15-9-7-13(2)23-15/h6-10H,11H2,1-5H3,(H,19,20). The predicted octanol–water partition coefficient (Wildman–Crippen LogP) is 3.24. The predicted molar refractivity (Wildman–Crippen MR) is 92.4 cm³/mol. The summed E-state index contributed by atoms with van der Waals surface area (Å²) in [7, 11) is -3.93. The van der Waals surface area contributed by atoms with Crippen LogP contribution in [0.25, 0.3) is 0 Å². The highest BCUT2D eigenvalue weighted by Crippen LogP contribution is 2.26. The molecule has 0 fully saturated rings.